The fourth-order valence-corrected chi connectivity index (χ4v) is 2.79. The summed E-state index contributed by atoms with van der Waals surface area (Å²) in [7, 11) is 1.62. The van der Waals surface area contributed by atoms with Gasteiger partial charge in [-0.15, -0.1) is 0 Å². The second kappa shape index (κ2) is 6.19. The molecular formula is C16H19N3O3. The highest BCUT2D eigenvalue weighted by Gasteiger charge is 2.29. The molecule has 22 heavy (non-hydrogen) atoms. The molecule has 1 fully saturated rings. The van der Waals surface area contributed by atoms with E-state index < -0.39 is 0 Å². The molecule has 1 aromatic carbocycles. The SMILES string of the molecule is COc1ccc(-c2cc(C(=O)N3CCC[C@@H]3CO)[nH]n2)cc1. The molecule has 6 nitrogen and oxygen atoms in total. The zero-order valence-corrected chi connectivity index (χ0v) is 12.5. The maximum absolute atomic E-state index is 12.5. The maximum atomic E-state index is 12.5. The van der Waals surface area contributed by atoms with Gasteiger partial charge in [0.25, 0.3) is 5.91 Å². The summed E-state index contributed by atoms with van der Waals surface area (Å²) in [5, 5.41) is 16.3. The van der Waals surface area contributed by atoms with Gasteiger partial charge in [-0.1, -0.05) is 0 Å². The van der Waals surface area contributed by atoms with Gasteiger partial charge in [0.2, 0.25) is 0 Å². The first-order chi connectivity index (χ1) is 10.7. The molecule has 0 spiro atoms. The number of benzene rings is 1. The monoisotopic (exact) mass is 301 g/mol. The Hall–Kier alpha value is -2.34. The van der Waals surface area contributed by atoms with E-state index in [4.69, 9.17) is 4.74 Å². The summed E-state index contributed by atoms with van der Waals surface area (Å²) in [6.07, 6.45) is 1.78. The second-order valence-corrected chi connectivity index (χ2v) is 5.37. The summed E-state index contributed by atoms with van der Waals surface area (Å²) in [5.74, 6) is 0.669. The molecule has 0 unspecified atom stereocenters. The number of methoxy groups -OCH3 is 1. The van der Waals surface area contributed by atoms with Crippen LogP contribution in [0.15, 0.2) is 30.3 Å². The predicted octanol–water partition coefficient (Wildman–Crippen LogP) is 1.68. The van der Waals surface area contributed by atoms with E-state index in [0.717, 1.165) is 24.2 Å². The van der Waals surface area contributed by atoms with Gasteiger partial charge in [-0.05, 0) is 43.2 Å². The van der Waals surface area contributed by atoms with Crippen molar-refractivity contribution in [3.63, 3.8) is 0 Å². The van der Waals surface area contributed by atoms with Gasteiger partial charge in [-0.2, -0.15) is 5.10 Å². The number of amides is 1. The lowest BCUT2D eigenvalue weighted by molar-refractivity contribution is 0.0671. The summed E-state index contributed by atoms with van der Waals surface area (Å²) < 4.78 is 5.13. The van der Waals surface area contributed by atoms with E-state index in [0.29, 0.717) is 17.9 Å². The van der Waals surface area contributed by atoms with Gasteiger partial charge in [0.05, 0.1) is 25.5 Å². The van der Waals surface area contributed by atoms with Gasteiger partial charge in [0.15, 0.2) is 0 Å². The van der Waals surface area contributed by atoms with Crippen molar-refractivity contribution in [2.75, 3.05) is 20.3 Å². The van der Waals surface area contributed by atoms with Crippen LogP contribution in [0, 0.1) is 0 Å². The van der Waals surface area contributed by atoms with Crippen LogP contribution in [0.3, 0.4) is 0 Å². The minimum atomic E-state index is -0.108. The zero-order chi connectivity index (χ0) is 15.5. The van der Waals surface area contributed by atoms with Gasteiger partial charge in [0, 0.05) is 12.1 Å². The van der Waals surface area contributed by atoms with Crippen molar-refractivity contribution in [2.24, 2.45) is 0 Å². The predicted molar refractivity (Wildman–Crippen MR) is 81.7 cm³/mol. The summed E-state index contributed by atoms with van der Waals surface area (Å²) in [6, 6.07) is 9.17. The van der Waals surface area contributed by atoms with Crippen molar-refractivity contribution < 1.29 is 14.6 Å². The van der Waals surface area contributed by atoms with Gasteiger partial charge in [-0.3, -0.25) is 9.89 Å². The highest BCUT2D eigenvalue weighted by atomic mass is 16.5. The van der Waals surface area contributed by atoms with Crippen molar-refractivity contribution in [3.05, 3.63) is 36.0 Å². The summed E-state index contributed by atoms with van der Waals surface area (Å²) >= 11 is 0. The number of aromatic nitrogens is 2. The molecule has 2 N–H and O–H groups in total. The minimum absolute atomic E-state index is 0.00517. The Kier molecular flexibility index (Phi) is 4.11. The Balaban J connectivity index is 1.79. The van der Waals surface area contributed by atoms with E-state index in [1.165, 1.54) is 0 Å². The molecular weight excluding hydrogens is 282 g/mol. The molecule has 2 heterocycles. The first-order valence-corrected chi connectivity index (χ1v) is 7.34. The molecule has 1 aromatic heterocycles. The number of aliphatic hydroxyl groups excluding tert-OH is 1. The molecule has 3 rings (SSSR count). The van der Waals surface area contributed by atoms with Crippen LogP contribution in [-0.4, -0.2) is 52.4 Å². The average molecular weight is 301 g/mol. The lowest BCUT2D eigenvalue weighted by atomic mass is 10.1. The topological polar surface area (TPSA) is 78.5 Å². The third kappa shape index (κ3) is 2.69. The number of nitrogens with zero attached hydrogens (tertiary/aromatic N) is 2. The third-order valence-corrected chi connectivity index (χ3v) is 4.04. The number of rotatable bonds is 4. The van der Waals surface area contributed by atoms with Gasteiger partial charge in [-0.25, -0.2) is 0 Å². The Morgan fingerprint density at radius 3 is 2.91 bits per heavy atom. The standard InChI is InChI=1S/C16H19N3O3/c1-22-13-6-4-11(5-7-13)14-9-15(18-17-14)16(21)19-8-2-3-12(19)10-20/h4-7,9,12,20H,2-3,8,10H2,1H3,(H,17,18)/t12-/m1/s1. The molecule has 116 valence electrons. The Morgan fingerprint density at radius 2 is 2.23 bits per heavy atom. The minimum Gasteiger partial charge on any atom is -0.497 e. The molecule has 0 radical (unpaired) electrons. The van der Waals surface area contributed by atoms with Crippen molar-refractivity contribution in [1.29, 1.82) is 0 Å². The molecule has 6 heteroatoms. The summed E-state index contributed by atoms with van der Waals surface area (Å²) in [4.78, 5) is 14.2. The summed E-state index contributed by atoms with van der Waals surface area (Å²) in [6.45, 7) is 0.687. The fourth-order valence-electron chi connectivity index (χ4n) is 2.79. The molecule has 1 saturated heterocycles. The van der Waals surface area contributed by atoms with Crippen LogP contribution in [0.5, 0.6) is 5.75 Å². The third-order valence-electron chi connectivity index (χ3n) is 4.04. The van der Waals surface area contributed by atoms with E-state index in [-0.39, 0.29) is 18.6 Å². The highest BCUT2D eigenvalue weighted by molar-refractivity contribution is 5.93. The Bertz CT molecular complexity index is 651. The average Bonchev–Trinajstić information content (AvgIpc) is 3.23. The molecule has 0 bridgehead atoms. The maximum Gasteiger partial charge on any atom is 0.272 e. The first-order valence-electron chi connectivity index (χ1n) is 7.34. The number of hydrogen-bond donors (Lipinski definition) is 2. The number of hydrogen-bond acceptors (Lipinski definition) is 4. The molecule has 1 aliphatic heterocycles. The Labute approximate surface area is 128 Å². The summed E-state index contributed by atoms with van der Waals surface area (Å²) in [5.41, 5.74) is 2.08. The number of likely N-dealkylation sites (tertiary alicyclic amines) is 1. The number of aromatic amines is 1. The largest absolute Gasteiger partial charge is 0.497 e. The number of nitrogens with one attached hydrogen (secondary N) is 1. The number of carbonyl (C=O) groups is 1. The van der Waals surface area contributed by atoms with E-state index >= 15 is 0 Å². The van der Waals surface area contributed by atoms with Gasteiger partial charge < -0.3 is 14.7 Å². The molecule has 2 aromatic rings. The zero-order valence-electron chi connectivity index (χ0n) is 12.5. The fraction of sp³-hybridized carbons (Fsp3) is 0.375. The van der Waals surface area contributed by atoms with Gasteiger partial charge >= 0.3 is 0 Å². The molecule has 0 saturated carbocycles. The number of aliphatic hydroxyl groups is 1. The molecule has 0 aliphatic carbocycles. The number of H-pyrrole nitrogens is 1. The van der Waals surface area contributed by atoms with Crippen LogP contribution in [-0.2, 0) is 0 Å². The van der Waals surface area contributed by atoms with Crippen molar-refractivity contribution in [1.82, 2.24) is 15.1 Å². The van der Waals surface area contributed by atoms with Crippen LogP contribution in [0.1, 0.15) is 23.3 Å². The second-order valence-electron chi connectivity index (χ2n) is 5.37. The first kappa shape index (κ1) is 14.6. The van der Waals surface area contributed by atoms with Crippen LogP contribution in [0.2, 0.25) is 0 Å². The van der Waals surface area contributed by atoms with E-state index in [2.05, 4.69) is 10.2 Å². The lowest BCUT2D eigenvalue weighted by Gasteiger charge is -2.21. The number of ether oxygens (including phenoxy) is 1. The number of carbonyl (C=O) groups excluding carboxylic acids is 1. The van der Waals surface area contributed by atoms with Crippen LogP contribution < -0.4 is 4.74 Å². The van der Waals surface area contributed by atoms with Crippen LogP contribution in [0.4, 0.5) is 0 Å². The Morgan fingerprint density at radius 1 is 1.45 bits per heavy atom. The molecule has 1 atom stereocenters. The van der Waals surface area contributed by atoms with Crippen molar-refractivity contribution >= 4 is 5.91 Å². The molecule has 1 amide bonds. The van der Waals surface area contributed by atoms with Crippen LogP contribution in [0.25, 0.3) is 11.3 Å². The lowest BCUT2D eigenvalue weighted by Crippen LogP contribution is -2.37. The van der Waals surface area contributed by atoms with Gasteiger partial charge in [0.1, 0.15) is 11.4 Å². The van der Waals surface area contributed by atoms with E-state index in [9.17, 15) is 9.90 Å². The smallest absolute Gasteiger partial charge is 0.272 e. The van der Waals surface area contributed by atoms with E-state index in [1.807, 2.05) is 24.3 Å². The van der Waals surface area contributed by atoms with Crippen LogP contribution >= 0.6 is 0 Å². The van der Waals surface area contributed by atoms with Crippen molar-refractivity contribution in [2.45, 2.75) is 18.9 Å². The highest BCUT2D eigenvalue weighted by Crippen LogP contribution is 2.23. The molecule has 1 aliphatic rings. The quantitative estimate of drug-likeness (QED) is 0.900. The van der Waals surface area contributed by atoms with Crippen molar-refractivity contribution in [3.8, 4) is 17.0 Å². The van der Waals surface area contributed by atoms with E-state index in [1.54, 1.807) is 18.1 Å². The normalized spacial score (nSPS) is 17.7.